The molecular weight excluding hydrogens is 370 g/mol. The number of amides is 2. The van der Waals surface area contributed by atoms with E-state index >= 15 is 0 Å². The summed E-state index contributed by atoms with van der Waals surface area (Å²) >= 11 is 0. The first-order valence-electron chi connectivity index (χ1n) is 9.62. The Balaban J connectivity index is 1.29. The van der Waals surface area contributed by atoms with Gasteiger partial charge in [-0.05, 0) is 43.0 Å². The van der Waals surface area contributed by atoms with Crippen LogP contribution in [0.5, 0.6) is 0 Å². The lowest BCUT2D eigenvalue weighted by Crippen LogP contribution is -2.44. The highest BCUT2D eigenvalue weighted by Crippen LogP contribution is 2.21. The SMILES string of the molecule is O=C(NCC1CCN(C(=O)C(=O)c2cc3ccccc3o2)CC1)c1cccnc1. The Labute approximate surface area is 167 Å². The number of piperidine rings is 1. The number of aromatic nitrogens is 1. The van der Waals surface area contributed by atoms with Crippen molar-refractivity contribution in [3.8, 4) is 0 Å². The number of carbonyl (C=O) groups excluding carboxylic acids is 3. The molecule has 0 bridgehead atoms. The van der Waals surface area contributed by atoms with E-state index in [1.54, 1.807) is 35.4 Å². The summed E-state index contributed by atoms with van der Waals surface area (Å²) in [6.45, 7) is 1.50. The number of ketones is 1. The van der Waals surface area contributed by atoms with Crippen molar-refractivity contribution >= 4 is 28.6 Å². The molecule has 2 aromatic heterocycles. The fraction of sp³-hybridized carbons (Fsp3) is 0.273. The van der Waals surface area contributed by atoms with Gasteiger partial charge in [-0.3, -0.25) is 19.4 Å². The number of nitrogens with one attached hydrogen (secondary N) is 1. The van der Waals surface area contributed by atoms with Crippen molar-refractivity contribution in [1.82, 2.24) is 15.2 Å². The van der Waals surface area contributed by atoms with Crippen molar-refractivity contribution in [2.24, 2.45) is 5.92 Å². The molecule has 148 valence electrons. The second-order valence-electron chi connectivity index (χ2n) is 7.16. The van der Waals surface area contributed by atoms with E-state index in [-0.39, 0.29) is 17.6 Å². The van der Waals surface area contributed by atoms with Crippen LogP contribution >= 0.6 is 0 Å². The van der Waals surface area contributed by atoms with Crippen LogP contribution < -0.4 is 5.32 Å². The third-order valence-electron chi connectivity index (χ3n) is 5.22. The summed E-state index contributed by atoms with van der Waals surface area (Å²) in [5.41, 5.74) is 1.11. The van der Waals surface area contributed by atoms with Gasteiger partial charge in [-0.1, -0.05) is 18.2 Å². The number of rotatable bonds is 5. The normalized spacial score (nSPS) is 14.7. The molecule has 29 heavy (non-hydrogen) atoms. The van der Waals surface area contributed by atoms with Crippen molar-refractivity contribution in [2.75, 3.05) is 19.6 Å². The number of Topliss-reactive ketones (excluding diaryl/α,β-unsaturated/α-hetero) is 1. The average Bonchev–Trinajstić information content (AvgIpc) is 3.22. The Kier molecular flexibility index (Phi) is 5.37. The topological polar surface area (TPSA) is 92.5 Å². The minimum Gasteiger partial charge on any atom is -0.452 e. The van der Waals surface area contributed by atoms with Gasteiger partial charge < -0.3 is 14.6 Å². The molecule has 0 atom stereocenters. The zero-order valence-electron chi connectivity index (χ0n) is 15.8. The van der Waals surface area contributed by atoms with Gasteiger partial charge >= 0.3 is 0 Å². The largest absolute Gasteiger partial charge is 0.452 e. The molecule has 1 aliphatic heterocycles. The number of fused-ring (bicyclic) bond motifs is 1. The first kappa shape index (κ1) is 18.9. The Bertz CT molecular complexity index is 1000. The van der Waals surface area contributed by atoms with Crippen LogP contribution in [-0.2, 0) is 4.79 Å². The molecule has 7 heteroatoms. The molecule has 0 radical (unpaired) electrons. The molecule has 0 unspecified atom stereocenters. The Morgan fingerprint density at radius 3 is 2.62 bits per heavy atom. The molecule has 0 spiro atoms. The van der Waals surface area contributed by atoms with Crippen molar-refractivity contribution in [1.29, 1.82) is 0 Å². The van der Waals surface area contributed by atoms with E-state index in [1.165, 1.54) is 6.20 Å². The summed E-state index contributed by atoms with van der Waals surface area (Å²) in [6.07, 6.45) is 4.61. The number of furan rings is 1. The van der Waals surface area contributed by atoms with Gasteiger partial charge in [-0.25, -0.2) is 0 Å². The van der Waals surface area contributed by atoms with E-state index in [0.717, 1.165) is 18.2 Å². The number of nitrogens with zero attached hydrogens (tertiary/aromatic N) is 2. The van der Waals surface area contributed by atoms with Crippen molar-refractivity contribution in [3.05, 3.63) is 66.2 Å². The number of para-hydroxylation sites is 1. The second kappa shape index (κ2) is 8.26. The molecule has 7 nitrogen and oxygen atoms in total. The first-order valence-corrected chi connectivity index (χ1v) is 9.62. The molecule has 3 aromatic rings. The third kappa shape index (κ3) is 4.18. The third-order valence-corrected chi connectivity index (χ3v) is 5.22. The molecule has 1 saturated heterocycles. The van der Waals surface area contributed by atoms with E-state index in [1.807, 2.05) is 18.2 Å². The first-order chi connectivity index (χ1) is 14.1. The maximum Gasteiger partial charge on any atom is 0.298 e. The number of benzene rings is 1. The van der Waals surface area contributed by atoms with Crippen molar-refractivity contribution in [2.45, 2.75) is 12.8 Å². The molecular formula is C22H21N3O4. The smallest absolute Gasteiger partial charge is 0.298 e. The van der Waals surface area contributed by atoms with Crippen LogP contribution in [0.25, 0.3) is 11.0 Å². The van der Waals surface area contributed by atoms with Gasteiger partial charge in [0.1, 0.15) is 5.58 Å². The fourth-order valence-electron chi connectivity index (χ4n) is 3.52. The minimum atomic E-state index is -0.621. The maximum absolute atomic E-state index is 12.6. The quantitative estimate of drug-likeness (QED) is 0.533. The van der Waals surface area contributed by atoms with E-state index in [2.05, 4.69) is 10.3 Å². The van der Waals surface area contributed by atoms with E-state index in [0.29, 0.717) is 30.8 Å². The van der Waals surface area contributed by atoms with Crippen LogP contribution in [0.1, 0.15) is 33.8 Å². The molecule has 1 N–H and O–H groups in total. The standard InChI is InChI=1S/C22H21N3O4/c26-20(19-12-16-4-1-2-6-18(16)29-19)22(28)25-10-7-15(8-11-25)13-24-21(27)17-5-3-9-23-14-17/h1-6,9,12,14-15H,7-8,10-11,13H2,(H,24,27). The molecule has 0 aliphatic carbocycles. The highest BCUT2D eigenvalue weighted by molar-refractivity contribution is 6.42. The second-order valence-corrected chi connectivity index (χ2v) is 7.16. The minimum absolute atomic E-state index is 0.0713. The van der Waals surface area contributed by atoms with Gasteiger partial charge in [0, 0.05) is 37.4 Å². The van der Waals surface area contributed by atoms with Crippen LogP contribution in [0.15, 0.2) is 59.3 Å². The molecule has 1 fully saturated rings. The van der Waals surface area contributed by atoms with E-state index in [4.69, 9.17) is 4.42 Å². The predicted molar refractivity (Wildman–Crippen MR) is 106 cm³/mol. The van der Waals surface area contributed by atoms with Crippen LogP contribution in [0, 0.1) is 5.92 Å². The Morgan fingerprint density at radius 2 is 1.90 bits per heavy atom. The number of hydrogen-bond acceptors (Lipinski definition) is 5. The Hall–Kier alpha value is -3.48. The molecule has 2 amide bonds. The summed E-state index contributed by atoms with van der Waals surface area (Å²) in [5, 5.41) is 3.71. The van der Waals surface area contributed by atoms with E-state index in [9.17, 15) is 14.4 Å². The predicted octanol–water partition coefficient (Wildman–Crippen LogP) is 2.68. The van der Waals surface area contributed by atoms with Gasteiger partial charge in [0.2, 0.25) is 0 Å². The van der Waals surface area contributed by atoms with Crippen LogP contribution in [0.4, 0.5) is 0 Å². The summed E-state index contributed by atoms with van der Waals surface area (Å²) < 4.78 is 5.52. The van der Waals surface area contributed by atoms with Crippen molar-refractivity contribution < 1.29 is 18.8 Å². The number of likely N-dealkylation sites (tertiary alicyclic amines) is 1. The van der Waals surface area contributed by atoms with Crippen LogP contribution in [0.2, 0.25) is 0 Å². The van der Waals surface area contributed by atoms with Crippen molar-refractivity contribution in [3.63, 3.8) is 0 Å². The molecule has 4 rings (SSSR count). The van der Waals surface area contributed by atoms with Gasteiger partial charge in [0.25, 0.3) is 17.6 Å². The molecule has 1 aromatic carbocycles. The maximum atomic E-state index is 12.6. The summed E-state index contributed by atoms with van der Waals surface area (Å²) in [6, 6.07) is 12.3. The highest BCUT2D eigenvalue weighted by Gasteiger charge is 2.29. The van der Waals surface area contributed by atoms with E-state index < -0.39 is 11.7 Å². The summed E-state index contributed by atoms with van der Waals surface area (Å²) in [7, 11) is 0. The number of pyridine rings is 1. The Morgan fingerprint density at radius 1 is 1.10 bits per heavy atom. The number of hydrogen-bond donors (Lipinski definition) is 1. The summed E-state index contributed by atoms with van der Waals surface area (Å²) in [5.74, 6) is -0.980. The van der Waals surface area contributed by atoms with Gasteiger partial charge in [-0.15, -0.1) is 0 Å². The zero-order valence-corrected chi connectivity index (χ0v) is 15.8. The monoisotopic (exact) mass is 391 g/mol. The van der Waals surface area contributed by atoms with Crippen LogP contribution in [-0.4, -0.2) is 47.1 Å². The molecule has 0 saturated carbocycles. The average molecular weight is 391 g/mol. The fourth-order valence-corrected chi connectivity index (χ4v) is 3.52. The number of carbonyl (C=O) groups is 3. The lowest BCUT2D eigenvalue weighted by atomic mass is 9.96. The van der Waals surface area contributed by atoms with Crippen LogP contribution in [0.3, 0.4) is 0 Å². The zero-order chi connectivity index (χ0) is 20.2. The highest BCUT2D eigenvalue weighted by atomic mass is 16.3. The van der Waals surface area contributed by atoms with Gasteiger partial charge in [0.15, 0.2) is 5.76 Å². The molecule has 3 heterocycles. The van der Waals surface area contributed by atoms with Gasteiger partial charge in [-0.2, -0.15) is 0 Å². The lowest BCUT2D eigenvalue weighted by molar-refractivity contribution is -0.127. The molecule has 1 aliphatic rings. The summed E-state index contributed by atoms with van der Waals surface area (Å²) in [4.78, 5) is 42.7. The van der Waals surface area contributed by atoms with Gasteiger partial charge in [0.05, 0.1) is 5.56 Å². The lowest BCUT2D eigenvalue weighted by Gasteiger charge is -2.31.